The summed E-state index contributed by atoms with van der Waals surface area (Å²) in [6, 6.07) is 16.4. The molecule has 84 heavy (non-hydrogen) atoms. The van der Waals surface area contributed by atoms with Crippen molar-refractivity contribution in [2.24, 2.45) is 20.0 Å². The van der Waals surface area contributed by atoms with Gasteiger partial charge in [-0.05, 0) is 128 Å². The number of unbranched alkanes of at least 4 members (excludes halogenated alkanes) is 14. The van der Waals surface area contributed by atoms with E-state index in [4.69, 9.17) is 68.4 Å². The third-order valence-electron chi connectivity index (χ3n) is 15.4. The van der Waals surface area contributed by atoms with E-state index >= 15 is 0 Å². The van der Waals surface area contributed by atoms with Gasteiger partial charge in [0.15, 0.2) is 45.8 Å². The van der Waals surface area contributed by atoms with E-state index < -0.39 is 6.17 Å². The largest absolute Gasteiger partial charge is 2.00 e. The molecule has 2 aromatic heterocycles. The minimum atomic E-state index is -0.773. The first-order chi connectivity index (χ1) is 40.8. The smallest absolute Gasteiger partial charge is 0.493 e. The van der Waals surface area contributed by atoms with Gasteiger partial charge < -0.3 is 58.4 Å². The van der Waals surface area contributed by atoms with E-state index in [1.54, 1.807) is 0 Å². The first-order valence-corrected chi connectivity index (χ1v) is 31.8. The molecule has 6 aromatic rings. The summed E-state index contributed by atoms with van der Waals surface area (Å²) in [4.78, 5) is 36.3. The van der Waals surface area contributed by atoms with Crippen molar-refractivity contribution in [2.45, 2.75) is 196 Å². The zero-order valence-corrected chi connectivity index (χ0v) is 53.1. The van der Waals surface area contributed by atoms with Crippen LogP contribution in [0.4, 0.5) is 11.6 Å². The number of fused-ring (bicyclic) bond motifs is 19. The average molecular weight is 1160 g/mol. The van der Waals surface area contributed by atoms with Crippen molar-refractivity contribution < 1.29 is 38.2 Å². The minimum absolute atomic E-state index is 0. The topological polar surface area (TPSA) is 170 Å². The summed E-state index contributed by atoms with van der Waals surface area (Å²) in [5, 5.41) is 8.52. The van der Waals surface area contributed by atoms with Crippen LogP contribution in [0, 0.1) is 6.92 Å². The van der Waals surface area contributed by atoms with Gasteiger partial charge in [-0.2, -0.15) is 0 Å². The second-order valence-electron chi connectivity index (χ2n) is 22.3. The Bertz CT molecular complexity index is 3360. The molecule has 446 valence electrons. The minimum Gasteiger partial charge on any atom is -0.493 e. The van der Waals surface area contributed by atoms with E-state index in [2.05, 4.69) is 72.5 Å². The van der Waals surface area contributed by atoms with Gasteiger partial charge in [-0.25, -0.2) is 4.99 Å². The molecule has 0 saturated heterocycles. The van der Waals surface area contributed by atoms with Crippen LogP contribution in [0.3, 0.4) is 0 Å². The van der Waals surface area contributed by atoms with Crippen molar-refractivity contribution in [2.75, 3.05) is 46.2 Å². The van der Waals surface area contributed by atoms with E-state index in [9.17, 15) is 0 Å². The van der Waals surface area contributed by atoms with Crippen molar-refractivity contribution in [3.63, 3.8) is 0 Å². The first kappa shape index (κ1) is 63.8. The molecule has 3 aliphatic rings. The molecular formula is C68H90MgN8O7. The molecule has 0 aliphatic carbocycles. The van der Waals surface area contributed by atoms with E-state index in [0.29, 0.717) is 121 Å². The van der Waals surface area contributed by atoms with Crippen LogP contribution in [0.1, 0.15) is 217 Å². The van der Waals surface area contributed by atoms with E-state index in [-0.39, 0.29) is 23.1 Å². The van der Waals surface area contributed by atoms with E-state index in [0.717, 1.165) is 190 Å². The van der Waals surface area contributed by atoms with Gasteiger partial charge in [-0.15, -0.1) is 0 Å². The Morgan fingerprint density at radius 1 is 0.393 bits per heavy atom. The standard InChI is InChI=1S/C68H89N8O7.Mg/c1-9-16-23-30-77-54-38-47-46(37-45(54)8)61-69-62(47)71-64-50-41-57(80-33-26-19-12-4)58(81-34-27-20-13-5)42-51(50)66(73-64)75-68-53-44-60(83-36-29-22-15-7)59(82-35-28-21-14-6)43-52(53)67(76-68)74-65-49-40-56(79-32-25-18-11-3)55(78-31-24-17-10-2)39-48(49)63(70-61)72-65;/h37-44,65H,9-36H2,1-8H3;/q-3;+2/p+1. The monoisotopic (exact) mass is 1150 g/mol. The van der Waals surface area contributed by atoms with E-state index in [1.807, 2.05) is 36.4 Å². The van der Waals surface area contributed by atoms with Gasteiger partial charge in [0, 0.05) is 27.8 Å². The summed E-state index contributed by atoms with van der Waals surface area (Å²) in [6.45, 7) is 21.4. The third kappa shape index (κ3) is 15.8. The molecule has 3 aliphatic heterocycles. The molecule has 9 rings (SSSR count). The number of nitrogens with zero attached hydrogens (tertiary/aromatic N) is 7. The summed E-state index contributed by atoms with van der Waals surface area (Å²) in [6.07, 6.45) is 20.7. The predicted molar refractivity (Wildman–Crippen MR) is 339 cm³/mol. The van der Waals surface area contributed by atoms with Gasteiger partial charge in [0.25, 0.3) is 11.7 Å². The maximum absolute atomic E-state index is 6.63. The fraction of sp³-hybridized carbons (Fsp3) is 0.544. The summed E-state index contributed by atoms with van der Waals surface area (Å²) in [7, 11) is 0. The number of aromatic nitrogens is 2. The van der Waals surface area contributed by atoms with Crippen LogP contribution in [0.2, 0.25) is 0 Å². The number of ether oxygens (including phenoxy) is 7. The zero-order valence-electron chi connectivity index (χ0n) is 51.7. The number of rotatable bonds is 35. The van der Waals surface area contributed by atoms with Crippen LogP contribution >= 0.6 is 0 Å². The molecular weight excluding hydrogens is 1070 g/mol. The van der Waals surface area contributed by atoms with Crippen molar-refractivity contribution in [1.29, 1.82) is 0 Å². The number of benzene rings is 4. The second kappa shape index (κ2) is 32.3. The number of aryl methyl sites for hydroxylation is 1. The van der Waals surface area contributed by atoms with Crippen molar-refractivity contribution in [3.05, 3.63) is 92.6 Å². The van der Waals surface area contributed by atoms with Gasteiger partial charge in [0.05, 0.1) is 57.4 Å². The van der Waals surface area contributed by atoms with Crippen LogP contribution in [-0.4, -0.2) is 86.8 Å². The Hall–Kier alpha value is -6.26. The van der Waals surface area contributed by atoms with Crippen LogP contribution in [0.15, 0.2) is 68.5 Å². The molecule has 1 N–H and O–H groups in total. The third-order valence-corrected chi connectivity index (χ3v) is 15.4. The Morgan fingerprint density at radius 2 is 0.786 bits per heavy atom. The molecule has 8 bridgehead atoms. The molecule has 5 heterocycles. The molecule has 0 saturated carbocycles. The molecule has 0 fully saturated rings. The van der Waals surface area contributed by atoms with Crippen LogP contribution in [0.25, 0.3) is 26.9 Å². The summed E-state index contributed by atoms with van der Waals surface area (Å²) in [5.74, 6) is 7.15. The number of aliphatic imine (C=N–C) groups is 2. The second-order valence-corrected chi connectivity index (χ2v) is 22.3. The summed E-state index contributed by atoms with van der Waals surface area (Å²) in [5.41, 5.74) is 5.05. The Balaban J connectivity index is 0.00000920. The maximum Gasteiger partial charge on any atom is 2.00 e. The fourth-order valence-electron chi connectivity index (χ4n) is 10.6. The van der Waals surface area contributed by atoms with Gasteiger partial charge in [0.1, 0.15) is 5.75 Å². The van der Waals surface area contributed by atoms with Crippen molar-refractivity contribution in [3.8, 4) is 40.2 Å². The van der Waals surface area contributed by atoms with Crippen molar-refractivity contribution >= 4 is 73.7 Å². The predicted octanol–water partition coefficient (Wildman–Crippen LogP) is 14.2. The zero-order chi connectivity index (χ0) is 57.9. The molecule has 16 heteroatoms. The number of hydrogen-bond donors (Lipinski definition) is 1. The Kier molecular flexibility index (Phi) is 24.5. The number of hydrogen-bond acceptors (Lipinski definition) is 11. The quantitative estimate of drug-likeness (QED) is 0.0300. The molecule has 0 amide bonds. The van der Waals surface area contributed by atoms with Gasteiger partial charge >= 0.3 is 23.1 Å². The van der Waals surface area contributed by atoms with Crippen LogP contribution in [0.5, 0.6) is 40.2 Å². The van der Waals surface area contributed by atoms with E-state index in [1.165, 1.54) is 0 Å². The number of amidine groups is 3. The molecule has 15 nitrogen and oxygen atoms in total. The van der Waals surface area contributed by atoms with Crippen molar-refractivity contribution in [1.82, 2.24) is 9.97 Å². The summed E-state index contributed by atoms with van der Waals surface area (Å²) < 4.78 is 46.2. The summed E-state index contributed by atoms with van der Waals surface area (Å²) >= 11 is 0. The molecule has 0 spiro atoms. The van der Waals surface area contributed by atoms with Gasteiger partial charge in [-0.3, -0.25) is 0 Å². The normalized spacial score (nSPS) is 15.5. The fourth-order valence-corrected chi connectivity index (χ4v) is 10.6. The van der Waals surface area contributed by atoms with Gasteiger partial charge in [-0.1, -0.05) is 154 Å². The van der Waals surface area contributed by atoms with Crippen LogP contribution < -0.4 is 59.1 Å². The molecule has 1 atom stereocenters. The SMILES string of the molecule is CCCCCOc1cc2c3[n-]c(c2cc1C)/N=C1\[N-]C(/N=c2\[n-]c(c4cc(OCCCCC)c(OCCCCC)cc24)=NC2=[NH+]/C(=N\3)c3cc(OCCCCC)c(OCCCCC)cc32)c2cc(OCCCCC)c(OCCCCC)cc21.[Mg+2]. The van der Waals surface area contributed by atoms with Gasteiger partial charge in [0.2, 0.25) is 0 Å². The molecule has 1 unspecified atom stereocenters. The molecule has 4 aromatic carbocycles. The van der Waals surface area contributed by atoms with Crippen LogP contribution in [-0.2, 0) is 0 Å². The first-order valence-electron chi connectivity index (χ1n) is 31.8. The Morgan fingerprint density at radius 3 is 1.27 bits per heavy atom. The number of nitrogens with one attached hydrogen (secondary N) is 1. The Labute approximate surface area is 514 Å². The average Bonchev–Trinajstić information content (AvgIpc) is 3.40. The maximum atomic E-state index is 6.63. The molecule has 0 radical (unpaired) electrons.